The normalized spacial score (nSPS) is 11.8. The molecule has 98 valence electrons. The number of nitrogens with two attached hydrogens (primary N) is 1. The molecule has 1 unspecified atom stereocenters. The van der Waals surface area contributed by atoms with Gasteiger partial charge in [-0.3, -0.25) is 4.79 Å². The quantitative estimate of drug-likeness (QED) is 0.895. The Kier molecular flexibility index (Phi) is 8.03. The number of thiophene rings is 1. The van der Waals surface area contributed by atoms with Crippen LogP contribution in [0.4, 0.5) is 0 Å². The molecule has 1 rings (SSSR count). The second-order valence-electron chi connectivity index (χ2n) is 3.97. The van der Waals surface area contributed by atoms with Gasteiger partial charge in [-0.2, -0.15) is 0 Å². The van der Waals surface area contributed by atoms with E-state index in [0.717, 1.165) is 10.2 Å². The molecule has 3 nitrogen and oxygen atoms in total. The summed E-state index contributed by atoms with van der Waals surface area (Å²) in [5, 5.41) is 0. The first-order valence-corrected chi connectivity index (χ1v) is 6.83. The Hall–Kier alpha value is -0.100. The van der Waals surface area contributed by atoms with Crippen molar-refractivity contribution in [3.05, 3.63) is 20.8 Å². The zero-order valence-electron chi connectivity index (χ0n) is 9.98. The van der Waals surface area contributed by atoms with E-state index in [1.165, 1.54) is 4.88 Å². The lowest BCUT2D eigenvalue weighted by molar-refractivity contribution is -0.130. The molecule has 1 aromatic rings. The smallest absolute Gasteiger partial charge is 0.222 e. The van der Waals surface area contributed by atoms with E-state index in [-0.39, 0.29) is 24.4 Å². The van der Waals surface area contributed by atoms with Crippen LogP contribution in [-0.4, -0.2) is 23.9 Å². The van der Waals surface area contributed by atoms with E-state index in [1.54, 1.807) is 16.2 Å². The van der Waals surface area contributed by atoms with Crippen molar-refractivity contribution in [1.82, 2.24) is 4.90 Å². The lowest BCUT2D eigenvalue weighted by Gasteiger charge is -2.16. The average Bonchev–Trinajstić information content (AvgIpc) is 2.60. The number of amides is 1. The number of halogens is 2. The summed E-state index contributed by atoms with van der Waals surface area (Å²) in [5.74, 6) is 0.154. The van der Waals surface area contributed by atoms with Crippen molar-refractivity contribution in [3.8, 4) is 0 Å². The molecule has 0 radical (unpaired) electrons. The van der Waals surface area contributed by atoms with E-state index < -0.39 is 0 Å². The van der Waals surface area contributed by atoms with Gasteiger partial charge in [-0.1, -0.05) is 0 Å². The SMILES string of the molecule is CC(N)CCC(=O)N(C)Cc1ccc(Br)s1.Cl. The van der Waals surface area contributed by atoms with Crippen molar-refractivity contribution in [3.63, 3.8) is 0 Å². The highest BCUT2D eigenvalue weighted by molar-refractivity contribution is 9.11. The zero-order chi connectivity index (χ0) is 12.1. The summed E-state index contributed by atoms with van der Waals surface area (Å²) >= 11 is 5.06. The summed E-state index contributed by atoms with van der Waals surface area (Å²) in [6, 6.07) is 4.12. The third-order valence-electron chi connectivity index (χ3n) is 2.26. The molecule has 0 aromatic carbocycles. The number of nitrogens with zero attached hydrogens (tertiary/aromatic N) is 1. The highest BCUT2D eigenvalue weighted by atomic mass is 79.9. The third kappa shape index (κ3) is 6.41. The molecule has 1 amide bonds. The monoisotopic (exact) mass is 340 g/mol. The summed E-state index contributed by atoms with van der Waals surface area (Å²) in [4.78, 5) is 14.7. The fourth-order valence-electron chi connectivity index (χ4n) is 1.30. The van der Waals surface area contributed by atoms with Crippen molar-refractivity contribution in [2.75, 3.05) is 7.05 Å². The van der Waals surface area contributed by atoms with Gasteiger partial charge in [0, 0.05) is 24.4 Å². The summed E-state index contributed by atoms with van der Waals surface area (Å²) in [5.41, 5.74) is 5.62. The van der Waals surface area contributed by atoms with Crippen LogP contribution in [0.3, 0.4) is 0 Å². The standard InChI is InChI=1S/C11H17BrN2OS.ClH/c1-8(13)3-6-11(15)14(2)7-9-4-5-10(12)16-9;/h4-5,8H,3,6-7,13H2,1-2H3;1H. The summed E-state index contributed by atoms with van der Waals surface area (Å²) in [7, 11) is 1.83. The van der Waals surface area contributed by atoms with Crippen LogP contribution < -0.4 is 5.73 Å². The molecule has 0 aliphatic heterocycles. The molecule has 0 fully saturated rings. The molecule has 0 saturated carbocycles. The van der Waals surface area contributed by atoms with Gasteiger partial charge in [-0.15, -0.1) is 23.7 Å². The summed E-state index contributed by atoms with van der Waals surface area (Å²) in [6.07, 6.45) is 1.28. The van der Waals surface area contributed by atoms with E-state index in [2.05, 4.69) is 15.9 Å². The van der Waals surface area contributed by atoms with Gasteiger partial charge in [0.1, 0.15) is 0 Å². The van der Waals surface area contributed by atoms with Crippen molar-refractivity contribution in [2.24, 2.45) is 5.73 Å². The lowest BCUT2D eigenvalue weighted by atomic mass is 10.2. The molecule has 0 aliphatic rings. The minimum Gasteiger partial charge on any atom is -0.341 e. The number of carbonyl (C=O) groups excluding carboxylic acids is 1. The Morgan fingerprint density at radius 2 is 2.24 bits per heavy atom. The second kappa shape index (κ2) is 8.08. The van der Waals surface area contributed by atoms with Gasteiger partial charge < -0.3 is 10.6 Å². The topological polar surface area (TPSA) is 46.3 Å². The van der Waals surface area contributed by atoms with Crippen LogP contribution >= 0.6 is 39.7 Å². The van der Waals surface area contributed by atoms with Crippen LogP contribution in [-0.2, 0) is 11.3 Å². The highest BCUT2D eigenvalue weighted by Gasteiger charge is 2.10. The van der Waals surface area contributed by atoms with Crippen molar-refractivity contribution >= 4 is 45.6 Å². The number of hydrogen-bond donors (Lipinski definition) is 1. The number of hydrogen-bond acceptors (Lipinski definition) is 3. The molecule has 0 bridgehead atoms. The van der Waals surface area contributed by atoms with Crippen molar-refractivity contribution in [1.29, 1.82) is 0 Å². The van der Waals surface area contributed by atoms with Gasteiger partial charge in [-0.25, -0.2) is 0 Å². The lowest BCUT2D eigenvalue weighted by Crippen LogP contribution is -2.27. The van der Waals surface area contributed by atoms with E-state index in [4.69, 9.17) is 5.73 Å². The van der Waals surface area contributed by atoms with Crippen LogP contribution in [0.25, 0.3) is 0 Å². The first-order chi connectivity index (χ1) is 7.49. The highest BCUT2D eigenvalue weighted by Crippen LogP contribution is 2.23. The molecule has 1 atom stereocenters. The van der Waals surface area contributed by atoms with Gasteiger partial charge in [0.25, 0.3) is 0 Å². The molecule has 2 N–H and O–H groups in total. The summed E-state index contributed by atoms with van der Waals surface area (Å²) in [6.45, 7) is 2.59. The zero-order valence-corrected chi connectivity index (χ0v) is 13.2. The van der Waals surface area contributed by atoms with Crippen LogP contribution in [0.1, 0.15) is 24.6 Å². The maximum Gasteiger partial charge on any atom is 0.222 e. The summed E-state index contributed by atoms with van der Waals surface area (Å²) < 4.78 is 1.10. The fourth-order valence-corrected chi connectivity index (χ4v) is 2.84. The predicted octanol–water partition coefficient (Wildman–Crippen LogP) is 3.02. The van der Waals surface area contributed by atoms with Gasteiger partial charge in [-0.05, 0) is 41.4 Å². The molecular formula is C11H18BrClN2OS. The molecule has 0 saturated heterocycles. The van der Waals surface area contributed by atoms with Crippen LogP contribution in [0.2, 0.25) is 0 Å². The van der Waals surface area contributed by atoms with E-state index in [9.17, 15) is 4.79 Å². The molecule has 1 aromatic heterocycles. The van der Waals surface area contributed by atoms with E-state index in [1.807, 2.05) is 26.1 Å². The Bertz CT molecular complexity index is 357. The molecule has 6 heteroatoms. The van der Waals surface area contributed by atoms with Gasteiger partial charge >= 0.3 is 0 Å². The van der Waals surface area contributed by atoms with Crippen molar-refractivity contribution < 1.29 is 4.79 Å². The first-order valence-electron chi connectivity index (χ1n) is 5.23. The number of carbonyl (C=O) groups is 1. The minimum absolute atomic E-state index is 0. The molecule has 0 spiro atoms. The molecule has 17 heavy (non-hydrogen) atoms. The Morgan fingerprint density at radius 3 is 2.71 bits per heavy atom. The Balaban J connectivity index is 0.00000256. The third-order valence-corrected chi connectivity index (χ3v) is 3.87. The van der Waals surface area contributed by atoms with E-state index >= 15 is 0 Å². The number of rotatable bonds is 5. The second-order valence-corrected chi connectivity index (χ2v) is 6.52. The first kappa shape index (κ1) is 16.9. The van der Waals surface area contributed by atoms with Gasteiger partial charge in [0.2, 0.25) is 5.91 Å². The predicted molar refractivity (Wildman–Crippen MR) is 78.6 cm³/mol. The van der Waals surface area contributed by atoms with Gasteiger partial charge in [0.15, 0.2) is 0 Å². The van der Waals surface area contributed by atoms with Gasteiger partial charge in [0.05, 0.1) is 10.3 Å². The fraction of sp³-hybridized carbons (Fsp3) is 0.545. The van der Waals surface area contributed by atoms with E-state index in [0.29, 0.717) is 13.0 Å². The maximum atomic E-state index is 11.7. The molecule has 1 heterocycles. The van der Waals surface area contributed by atoms with Crippen molar-refractivity contribution in [2.45, 2.75) is 32.4 Å². The maximum absolute atomic E-state index is 11.7. The van der Waals surface area contributed by atoms with Crippen LogP contribution in [0, 0.1) is 0 Å². The van der Waals surface area contributed by atoms with Crippen LogP contribution in [0.15, 0.2) is 15.9 Å². The van der Waals surface area contributed by atoms with Crippen LogP contribution in [0.5, 0.6) is 0 Å². The Labute approximate surface area is 121 Å². The molecular weight excluding hydrogens is 324 g/mol. The Morgan fingerprint density at radius 1 is 1.59 bits per heavy atom. The largest absolute Gasteiger partial charge is 0.341 e. The molecule has 0 aliphatic carbocycles. The minimum atomic E-state index is 0. The average molecular weight is 342 g/mol.